The highest BCUT2D eigenvalue weighted by Gasteiger charge is 2.35. The largest absolute Gasteiger partial charge is 0.504 e. The summed E-state index contributed by atoms with van der Waals surface area (Å²) in [6.07, 6.45) is 1.97. The molecule has 1 fully saturated rings. The number of fused-ring (bicyclic) bond motifs is 1. The first kappa shape index (κ1) is 35.3. The van der Waals surface area contributed by atoms with Crippen molar-refractivity contribution in [3.05, 3.63) is 81.0 Å². The summed E-state index contributed by atoms with van der Waals surface area (Å²) >= 11 is 6.12. The van der Waals surface area contributed by atoms with E-state index in [2.05, 4.69) is 35.5 Å². The average Bonchev–Trinajstić information content (AvgIpc) is 3.65. The van der Waals surface area contributed by atoms with Crippen LogP contribution >= 0.6 is 11.6 Å². The van der Waals surface area contributed by atoms with E-state index in [4.69, 9.17) is 11.6 Å². The van der Waals surface area contributed by atoms with Gasteiger partial charge >= 0.3 is 6.18 Å². The third kappa shape index (κ3) is 6.80. The number of benzene rings is 1. The Kier molecular flexibility index (Phi) is 9.66. The Bertz CT molecular complexity index is 2190. The second kappa shape index (κ2) is 14.0. The van der Waals surface area contributed by atoms with Crippen LogP contribution in [0.15, 0.2) is 47.9 Å². The van der Waals surface area contributed by atoms with Crippen LogP contribution in [0.3, 0.4) is 0 Å². The van der Waals surface area contributed by atoms with Crippen molar-refractivity contribution in [2.75, 3.05) is 29.9 Å². The van der Waals surface area contributed by atoms with E-state index in [1.165, 1.54) is 18.7 Å². The highest BCUT2D eigenvalue weighted by molar-refractivity contribution is 6.33. The van der Waals surface area contributed by atoms with E-state index < -0.39 is 29.0 Å². The van der Waals surface area contributed by atoms with E-state index in [9.17, 15) is 32.7 Å². The number of anilines is 2. The zero-order valence-electron chi connectivity index (χ0n) is 27.6. The highest BCUT2D eigenvalue weighted by atomic mass is 35.5. The number of nitrogens with zero attached hydrogens (tertiary/aromatic N) is 8. The minimum atomic E-state index is -4.62. The van der Waals surface area contributed by atoms with E-state index in [0.29, 0.717) is 23.4 Å². The molecule has 1 atom stereocenters. The molecule has 0 saturated carbocycles. The number of alkyl halides is 3. The Morgan fingerprint density at radius 2 is 1.92 bits per heavy atom. The number of amides is 2. The summed E-state index contributed by atoms with van der Waals surface area (Å²) in [7, 11) is 0. The molecule has 2 amide bonds. The van der Waals surface area contributed by atoms with Gasteiger partial charge in [0.2, 0.25) is 11.3 Å². The van der Waals surface area contributed by atoms with Gasteiger partial charge in [0.15, 0.2) is 22.6 Å². The summed E-state index contributed by atoms with van der Waals surface area (Å²) in [5, 5.41) is 19.4. The molecule has 1 unspecified atom stereocenters. The smallest absolute Gasteiger partial charge is 0.416 e. The minimum absolute atomic E-state index is 0.0176. The number of rotatable bonds is 8. The van der Waals surface area contributed by atoms with E-state index in [1.54, 1.807) is 22.6 Å². The lowest BCUT2D eigenvalue weighted by Crippen LogP contribution is -2.56. The van der Waals surface area contributed by atoms with Gasteiger partial charge in [-0.15, -0.1) is 0 Å². The van der Waals surface area contributed by atoms with Crippen molar-refractivity contribution in [1.82, 2.24) is 39.6 Å². The van der Waals surface area contributed by atoms with Gasteiger partial charge < -0.3 is 24.8 Å². The number of nitrogens with one attached hydrogen (secondary N) is 2. The van der Waals surface area contributed by atoms with Gasteiger partial charge in [-0.05, 0) is 38.0 Å². The van der Waals surface area contributed by atoms with Crippen LogP contribution in [0.4, 0.5) is 24.5 Å². The van der Waals surface area contributed by atoms with Crippen molar-refractivity contribution in [2.45, 2.75) is 52.4 Å². The zero-order chi connectivity index (χ0) is 36.6. The van der Waals surface area contributed by atoms with Gasteiger partial charge in [-0.1, -0.05) is 25.4 Å². The predicted molar refractivity (Wildman–Crippen MR) is 182 cm³/mol. The molecule has 266 valence electrons. The number of hydrogen-bond donors (Lipinski definition) is 3. The van der Waals surface area contributed by atoms with Crippen LogP contribution in [0, 0.1) is 6.92 Å². The fourth-order valence-electron chi connectivity index (χ4n) is 6.17. The Labute approximate surface area is 293 Å². The van der Waals surface area contributed by atoms with Crippen LogP contribution in [-0.2, 0) is 23.9 Å². The first-order chi connectivity index (χ1) is 24.3. The standard InChI is InChI=1S/C33H32ClF3N10O4/c1-4-20-14-45(32(51)27-29(49)17(3)39-16-40-27)8-9-46(20)28-24(5-2)47(15-25(48)43-22-7-6-19(10-21(22)34)33(35,36)37)31-26(30(28)50)44-23(13-38-31)18-11-41-42-12-18/h6-7,10-13,16,20,49H,4-5,8-9,14-15H2,1-3H3,(H,41,42)(H,43,48). The van der Waals surface area contributed by atoms with E-state index in [1.807, 2.05) is 18.7 Å². The highest BCUT2D eigenvalue weighted by Crippen LogP contribution is 2.34. The van der Waals surface area contributed by atoms with Crippen molar-refractivity contribution in [1.29, 1.82) is 0 Å². The number of carbonyl (C=O) groups is 2. The topological polar surface area (TPSA) is 175 Å². The first-order valence-electron chi connectivity index (χ1n) is 16.0. The van der Waals surface area contributed by atoms with Crippen LogP contribution in [0.2, 0.25) is 5.02 Å². The molecule has 4 aromatic heterocycles. The molecule has 5 aromatic rings. The van der Waals surface area contributed by atoms with Gasteiger partial charge in [0.05, 0.1) is 40.1 Å². The molecule has 0 radical (unpaired) electrons. The number of aryl methyl sites for hydroxylation is 1. The molecule has 1 aromatic carbocycles. The maximum Gasteiger partial charge on any atom is 0.416 e. The zero-order valence-corrected chi connectivity index (χ0v) is 28.4. The molecule has 1 aliphatic rings. The second-order valence-corrected chi connectivity index (χ2v) is 12.3. The van der Waals surface area contributed by atoms with E-state index in [-0.39, 0.29) is 83.3 Å². The maximum absolute atomic E-state index is 14.5. The number of piperazine rings is 1. The van der Waals surface area contributed by atoms with Crippen LogP contribution in [0.1, 0.15) is 47.7 Å². The third-order valence-corrected chi connectivity index (χ3v) is 9.09. The molecule has 0 spiro atoms. The van der Waals surface area contributed by atoms with Crippen molar-refractivity contribution in [3.8, 4) is 17.0 Å². The summed E-state index contributed by atoms with van der Waals surface area (Å²) in [6, 6.07) is 2.26. The van der Waals surface area contributed by atoms with Crippen LogP contribution < -0.4 is 15.6 Å². The molecule has 5 heterocycles. The molecule has 0 aliphatic carbocycles. The molecular formula is C33H32ClF3N10O4. The number of halogens is 4. The predicted octanol–water partition coefficient (Wildman–Crippen LogP) is 4.60. The normalized spacial score (nSPS) is 15.0. The quantitative estimate of drug-likeness (QED) is 0.205. The molecule has 6 rings (SSSR count). The number of H-pyrrole nitrogens is 1. The lowest BCUT2D eigenvalue weighted by atomic mass is 10.0. The summed E-state index contributed by atoms with van der Waals surface area (Å²) in [6.45, 7) is 5.53. The van der Waals surface area contributed by atoms with Gasteiger partial charge in [-0.3, -0.25) is 19.5 Å². The third-order valence-electron chi connectivity index (χ3n) is 8.78. The fraction of sp³-hybridized carbons (Fsp3) is 0.333. The van der Waals surface area contributed by atoms with Gasteiger partial charge in [-0.25, -0.2) is 19.9 Å². The molecule has 0 bridgehead atoms. The summed E-state index contributed by atoms with van der Waals surface area (Å²) in [5.41, 5.74) is 0.527. The minimum Gasteiger partial charge on any atom is -0.504 e. The van der Waals surface area contributed by atoms with E-state index in [0.717, 1.165) is 18.2 Å². The van der Waals surface area contributed by atoms with Crippen molar-refractivity contribution < 1.29 is 27.9 Å². The van der Waals surface area contributed by atoms with Gasteiger partial charge in [-0.2, -0.15) is 18.3 Å². The lowest BCUT2D eigenvalue weighted by molar-refractivity contribution is -0.137. The summed E-state index contributed by atoms with van der Waals surface area (Å²) in [4.78, 5) is 62.1. The van der Waals surface area contributed by atoms with Crippen molar-refractivity contribution in [3.63, 3.8) is 0 Å². The van der Waals surface area contributed by atoms with Crippen molar-refractivity contribution >= 4 is 46.0 Å². The summed E-state index contributed by atoms with van der Waals surface area (Å²) in [5.74, 6) is -1.41. The monoisotopic (exact) mass is 724 g/mol. The van der Waals surface area contributed by atoms with Crippen LogP contribution in [-0.4, -0.2) is 82.2 Å². The SMILES string of the molecule is CCc1c(N2CCN(C(=O)c3ncnc(C)c3O)CC2CC)c(=O)c2nc(-c3cn[nH]c3)cnc2n1CC(=O)Nc1ccc(C(F)(F)F)cc1Cl. The first-order valence-corrected chi connectivity index (χ1v) is 16.3. The van der Waals surface area contributed by atoms with Gasteiger partial charge in [0.25, 0.3) is 5.91 Å². The molecule has 14 nitrogen and oxygen atoms in total. The Morgan fingerprint density at radius 3 is 2.59 bits per heavy atom. The van der Waals surface area contributed by atoms with E-state index >= 15 is 0 Å². The number of hydrogen-bond acceptors (Lipinski definition) is 10. The Morgan fingerprint density at radius 1 is 1.14 bits per heavy atom. The van der Waals surface area contributed by atoms with Crippen molar-refractivity contribution in [2.24, 2.45) is 0 Å². The molecule has 1 saturated heterocycles. The Hall–Kier alpha value is -5.58. The molecular weight excluding hydrogens is 693 g/mol. The number of aromatic nitrogens is 7. The molecule has 3 N–H and O–H groups in total. The van der Waals surface area contributed by atoms with Crippen LogP contribution in [0.25, 0.3) is 22.4 Å². The summed E-state index contributed by atoms with van der Waals surface area (Å²) < 4.78 is 41.2. The average molecular weight is 725 g/mol. The molecule has 18 heteroatoms. The molecule has 1 aliphatic heterocycles. The fourth-order valence-corrected chi connectivity index (χ4v) is 6.40. The number of aromatic hydroxyl groups is 1. The molecule has 51 heavy (non-hydrogen) atoms. The number of pyridine rings is 1. The second-order valence-electron chi connectivity index (χ2n) is 11.9. The number of carbonyl (C=O) groups excluding carboxylic acids is 2. The van der Waals surface area contributed by atoms with Crippen LogP contribution in [0.5, 0.6) is 5.75 Å². The Balaban J connectivity index is 1.41. The maximum atomic E-state index is 14.5. The lowest BCUT2D eigenvalue weighted by Gasteiger charge is -2.43. The number of aromatic amines is 1. The van der Waals surface area contributed by atoms with Gasteiger partial charge in [0, 0.05) is 43.1 Å². The van der Waals surface area contributed by atoms with Gasteiger partial charge in [0.1, 0.15) is 18.6 Å².